The number of piperazine rings is 1. The van der Waals surface area contributed by atoms with E-state index in [1.54, 1.807) is 24.3 Å². The van der Waals surface area contributed by atoms with Gasteiger partial charge in [0, 0.05) is 26.2 Å². The van der Waals surface area contributed by atoms with E-state index in [9.17, 15) is 0 Å². The minimum atomic E-state index is -4.67. The van der Waals surface area contributed by atoms with E-state index in [-0.39, 0.29) is 0 Å². The summed E-state index contributed by atoms with van der Waals surface area (Å²) in [7, 11) is -4.67. The predicted octanol–water partition coefficient (Wildman–Crippen LogP) is -0.0814. The topological polar surface area (TPSA) is 119 Å². The highest BCUT2D eigenvalue weighted by atomic mass is 32.3. The molecule has 1 aliphatic heterocycles. The zero-order valence-corrected chi connectivity index (χ0v) is 10.6. The first-order chi connectivity index (χ1) is 8.39. The van der Waals surface area contributed by atoms with Gasteiger partial charge in [0.05, 0.1) is 0 Å². The molecule has 0 atom stereocenters. The number of nitrogens with one attached hydrogen (secondary N) is 2. The van der Waals surface area contributed by atoms with Gasteiger partial charge < -0.3 is 15.7 Å². The minimum absolute atomic E-state index is 0.322. The summed E-state index contributed by atoms with van der Waals surface area (Å²) >= 11 is 0. The maximum Gasteiger partial charge on any atom is 0.394 e. The molecule has 1 fully saturated rings. The number of benzene rings is 1. The van der Waals surface area contributed by atoms with Crippen LogP contribution in [0.2, 0.25) is 0 Å². The van der Waals surface area contributed by atoms with Crippen LogP contribution in [0.3, 0.4) is 0 Å². The Labute approximate surface area is 106 Å². The van der Waals surface area contributed by atoms with Crippen LogP contribution >= 0.6 is 0 Å². The molecular formula is C10H18N2O5S. The molecule has 0 bridgehead atoms. The number of para-hydroxylation sites is 1. The lowest BCUT2D eigenvalue weighted by molar-refractivity contribution is 0.381. The monoisotopic (exact) mass is 278 g/mol. The van der Waals surface area contributed by atoms with Gasteiger partial charge in [0.2, 0.25) is 0 Å². The Kier molecular flexibility index (Phi) is 9.15. The summed E-state index contributed by atoms with van der Waals surface area (Å²) in [6.45, 7) is 4.56. The van der Waals surface area contributed by atoms with E-state index in [0.717, 1.165) is 26.2 Å². The quantitative estimate of drug-likeness (QED) is 0.421. The van der Waals surface area contributed by atoms with Crippen LogP contribution in [-0.2, 0) is 10.4 Å². The number of phenolic OH excluding ortho intramolecular Hbond substituents is 1. The summed E-state index contributed by atoms with van der Waals surface area (Å²) in [4.78, 5) is 0. The fourth-order valence-electron chi connectivity index (χ4n) is 1.03. The second kappa shape index (κ2) is 9.80. The maximum absolute atomic E-state index is 8.74. The van der Waals surface area contributed by atoms with E-state index in [2.05, 4.69) is 10.6 Å². The summed E-state index contributed by atoms with van der Waals surface area (Å²) in [6, 6.07) is 8.71. The minimum Gasteiger partial charge on any atom is -0.508 e. The molecule has 0 saturated carbocycles. The van der Waals surface area contributed by atoms with E-state index in [4.69, 9.17) is 22.6 Å². The van der Waals surface area contributed by atoms with E-state index in [1.807, 2.05) is 6.07 Å². The number of hydrogen-bond acceptors (Lipinski definition) is 5. The van der Waals surface area contributed by atoms with Gasteiger partial charge in [-0.2, -0.15) is 8.42 Å². The van der Waals surface area contributed by atoms with E-state index in [0.29, 0.717) is 5.75 Å². The number of phenols is 1. The smallest absolute Gasteiger partial charge is 0.394 e. The standard InChI is InChI=1S/C6H6O.C4H10N2.H2O4S/c7-6-4-2-1-3-5-6;1-2-6-4-3-5-1;1-5(2,3)4/h1-5,7H;5-6H,1-4H2;(H2,1,2,3,4). The first-order valence-corrected chi connectivity index (χ1v) is 6.64. The predicted molar refractivity (Wildman–Crippen MR) is 68.0 cm³/mol. The average Bonchev–Trinajstić information content (AvgIpc) is 2.31. The zero-order chi connectivity index (χ0) is 13.9. The first-order valence-electron chi connectivity index (χ1n) is 5.25. The normalized spacial score (nSPS) is 14.6. The van der Waals surface area contributed by atoms with Crippen molar-refractivity contribution in [3.05, 3.63) is 30.3 Å². The van der Waals surface area contributed by atoms with Crippen LogP contribution in [0.5, 0.6) is 5.75 Å². The molecule has 18 heavy (non-hydrogen) atoms. The van der Waals surface area contributed by atoms with E-state index >= 15 is 0 Å². The molecule has 1 aromatic carbocycles. The van der Waals surface area contributed by atoms with Gasteiger partial charge in [0.25, 0.3) is 0 Å². The highest BCUT2D eigenvalue weighted by molar-refractivity contribution is 7.79. The SMILES string of the molecule is C1CNCCN1.O=S(=O)(O)O.Oc1ccccc1. The van der Waals surface area contributed by atoms with Crippen molar-refractivity contribution in [2.75, 3.05) is 26.2 Å². The highest BCUT2D eigenvalue weighted by Crippen LogP contribution is 2.02. The van der Waals surface area contributed by atoms with Crippen molar-refractivity contribution in [1.29, 1.82) is 0 Å². The van der Waals surface area contributed by atoms with Crippen LogP contribution in [0.25, 0.3) is 0 Å². The Morgan fingerprint density at radius 3 is 1.39 bits per heavy atom. The van der Waals surface area contributed by atoms with Crippen molar-refractivity contribution in [2.45, 2.75) is 0 Å². The number of rotatable bonds is 0. The Hall–Kier alpha value is -1.19. The van der Waals surface area contributed by atoms with Gasteiger partial charge in [0.15, 0.2) is 0 Å². The van der Waals surface area contributed by atoms with Crippen LogP contribution in [0.15, 0.2) is 30.3 Å². The van der Waals surface area contributed by atoms with Gasteiger partial charge in [0.1, 0.15) is 5.75 Å². The molecule has 0 amide bonds. The van der Waals surface area contributed by atoms with Crippen LogP contribution in [0.1, 0.15) is 0 Å². The Morgan fingerprint density at radius 1 is 0.889 bits per heavy atom. The summed E-state index contributed by atoms with van der Waals surface area (Å²) in [6.07, 6.45) is 0. The lowest BCUT2D eigenvalue weighted by Gasteiger charge is -2.11. The third-order valence-electron chi connectivity index (χ3n) is 1.71. The second-order valence-electron chi connectivity index (χ2n) is 3.28. The zero-order valence-electron chi connectivity index (χ0n) is 9.78. The van der Waals surface area contributed by atoms with Crippen molar-refractivity contribution in [2.24, 2.45) is 0 Å². The van der Waals surface area contributed by atoms with Crippen LogP contribution < -0.4 is 10.6 Å². The fraction of sp³-hybridized carbons (Fsp3) is 0.400. The Morgan fingerprint density at radius 2 is 1.22 bits per heavy atom. The van der Waals surface area contributed by atoms with Crippen molar-refractivity contribution in [3.63, 3.8) is 0 Å². The van der Waals surface area contributed by atoms with Crippen LogP contribution in [0, 0.1) is 0 Å². The molecule has 1 saturated heterocycles. The van der Waals surface area contributed by atoms with Crippen LogP contribution in [0.4, 0.5) is 0 Å². The summed E-state index contributed by atoms with van der Waals surface area (Å²) in [5, 5.41) is 15.1. The van der Waals surface area contributed by atoms with Gasteiger partial charge in [-0.1, -0.05) is 18.2 Å². The molecule has 8 heteroatoms. The molecule has 0 spiro atoms. The maximum atomic E-state index is 8.74. The average molecular weight is 278 g/mol. The molecule has 104 valence electrons. The molecule has 5 N–H and O–H groups in total. The Bertz CT molecular complexity index is 372. The van der Waals surface area contributed by atoms with E-state index in [1.165, 1.54) is 0 Å². The molecular weight excluding hydrogens is 260 g/mol. The third-order valence-corrected chi connectivity index (χ3v) is 1.71. The fourth-order valence-corrected chi connectivity index (χ4v) is 1.03. The molecule has 0 aliphatic carbocycles. The Balaban J connectivity index is 0.000000245. The highest BCUT2D eigenvalue weighted by Gasteiger charge is 1.91. The van der Waals surface area contributed by atoms with Gasteiger partial charge in [-0.25, -0.2) is 0 Å². The lowest BCUT2D eigenvalue weighted by Crippen LogP contribution is -2.39. The first kappa shape index (κ1) is 16.8. The van der Waals surface area contributed by atoms with Gasteiger partial charge in [-0.05, 0) is 12.1 Å². The molecule has 1 heterocycles. The van der Waals surface area contributed by atoms with Crippen molar-refractivity contribution in [1.82, 2.24) is 10.6 Å². The van der Waals surface area contributed by atoms with Crippen molar-refractivity contribution in [3.8, 4) is 5.75 Å². The van der Waals surface area contributed by atoms with Crippen molar-refractivity contribution >= 4 is 10.4 Å². The molecule has 0 unspecified atom stereocenters. The molecule has 0 radical (unpaired) electrons. The summed E-state index contributed by atoms with van der Waals surface area (Å²) < 4.78 is 31.6. The largest absolute Gasteiger partial charge is 0.508 e. The van der Waals surface area contributed by atoms with Crippen molar-refractivity contribution < 1.29 is 22.6 Å². The number of hydrogen-bond donors (Lipinski definition) is 5. The van der Waals surface area contributed by atoms with Gasteiger partial charge in [-0.3, -0.25) is 9.11 Å². The summed E-state index contributed by atoms with van der Waals surface area (Å²) in [5.41, 5.74) is 0. The molecule has 2 rings (SSSR count). The number of aromatic hydroxyl groups is 1. The molecule has 0 aromatic heterocycles. The molecule has 1 aliphatic rings. The lowest BCUT2D eigenvalue weighted by atomic mass is 10.3. The molecule has 7 nitrogen and oxygen atoms in total. The molecule has 1 aromatic rings. The van der Waals surface area contributed by atoms with E-state index < -0.39 is 10.4 Å². The van der Waals surface area contributed by atoms with Crippen LogP contribution in [-0.4, -0.2) is 48.8 Å². The van der Waals surface area contributed by atoms with Gasteiger partial charge in [-0.15, -0.1) is 0 Å². The second-order valence-corrected chi connectivity index (χ2v) is 4.18. The summed E-state index contributed by atoms with van der Waals surface area (Å²) in [5.74, 6) is 0.322. The van der Waals surface area contributed by atoms with Gasteiger partial charge >= 0.3 is 10.4 Å². The third kappa shape index (κ3) is 17.2.